The van der Waals surface area contributed by atoms with E-state index in [9.17, 15) is 9.59 Å². The minimum Gasteiger partial charge on any atom is -0.481 e. The third kappa shape index (κ3) is 41.4. The minimum absolute atomic E-state index is 0.0794. The molecule has 0 fully saturated rings. The third-order valence-corrected chi connectivity index (χ3v) is 10.8. The fourth-order valence-corrected chi connectivity index (χ4v) is 7.43. The second-order valence-electron chi connectivity index (χ2n) is 16.0. The van der Waals surface area contributed by atoms with Crippen LogP contribution in [-0.4, -0.2) is 23.1 Å². The van der Waals surface area contributed by atoms with Gasteiger partial charge in [-0.1, -0.05) is 232 Å². The van der Waals surface area contributed by atoms with Crippen LogP contribution in [0.15, 0.2) is 0 Å². The standard InChI is InChI=1S/C46H90O4/c1-3-5-7-9-11-13-15-17-19-21-22-24-26-28-30-32-34-36-38-43-46(49)50-44(41-39-42-45(47)48)40-37-35-33-31-29-27-25-23-20-18-16-14-12-10-8-6-4-2/h44H,3-43H2,1-2H3,(H,47,48). The molecule has 0 rings (SSSR count). The number of hydrogen-bond acceptors (Lipinski definition) is 3. The molecule has 0 aliphatic heterocycles. The van der Waals surface area contributed by atoms with Gasteiger partial charge in [-0.15, -0.1) is 0 Å². The summed E-state index contributed by atoms with van der Waals surface area (Å²) in [5, 5.41) is 9.06. The van der Waals surface area contributed by atoms with Gasteiger partial charge in [0.1, 0.15) is 6.10 Å². The number of rotatable bonds is 43. The van der Waals surface area contributed by atoms with Crippen LogP contribution < -0.4 is 0 Å². The zero-order valence-corrected chi connectivity index (χ0v) is 34.2. The Morgan fingerprint density at radius 2 is 0.620 bits per heavy atom. The highest BCUT2D eigenvalue weighted by Gasteiger charge is 2.15. The number of hydrogen-bond donors (Lipinski definition) is 1. The summed E-state index contributed by atoms with van der Waals surface area (Å²) in [5.41, 5.74) is 0. The molecule has 0 saturated heterocycles. The maximum atomic E-state index is 12.6. The molecular formula is C46H90O4. The number of esters is 1. The summed E-state index contributed by atoms with van der Waals surface area (Å²) >= 11 is 0. The maximum absolute atomic E-state index is 12.6. The van der Waals surface area contributed by atoms with Gasteiger partial charge in [-0.3, -0.25) is 9.59 Å². The summed E-state index contributed by atoms with van der Waals surface area (Å²) in [5.74, 6) is -0.841. The smallest absolute Gasteiger partial charge is 0.306 e. The first kappa shape index (κ1) is 48.9. The molecule has 0 saturated carbocycles. The van der Waals surface area contributed by atoms with Crippen LogP contribution in [0.3, 0.4) is 0 Å². The summed E-state index contributed by atoms with van der Waals surface area (Å²) in [7, 11) is 0. The molecule has 4 nitrogen and oxygen atoms in total. The van der Waals surface area contributed by atoms with Crippen molar-refractivity contribution in [1.82, 2.24) is 0 Å². The molecule has 4 heteroatoms. The molecule has 0 radical (unpaired) electrons. The van der Waals surface area contributed by atoms with Crippen LogP contribution in [-0.2, 0) is 14.3 Å². The lowest BCUT2D eigenvalue weighted by molar-refractivity contribution is -0.150. The van der Waals surface area contributed by atoms with Crippen molar-refractivity contribution >= 4 is 11.9 Å². The lowest BCUT2D eigenvalue weighted by Crippen LogP contribution is -2.18. The number of aliphatic carboxylic acids is 1. The summed E-state index contributed by atoms with van der Waals surface area (Å²) in [4.78, 5) is 23.6. The van der Waals surface area contributed by atoms with Crippen molar-refractivity contribution in [1.29, 1.82) is 0 Å². The predicted molar refractivity (Wildman–Crippen MR) is 218 cm³/mol. The monoisotopic (exact) mass is 707 g/mol. The third-order valence-electron chi connectivity index (χ3n) is 10.8. The molecule has 298 valence electrons. The number of carbonyl (C=O) groups is 2. The summed E-state index contributed by atoms with van der Waals surface area (Å²) in [6.45, 7) is 4.58. The molecule has 0 heterocycles. The predicted octanol–water partition coefficient (Wildman–Crippen LogP) is 16.0. The molecule has 1 atom stereocenters. The van der Waals surface area contributed by atoms with Gasteiger partial charge < -0.3 is 9.84 Å². The normalized spacial score (nSPS) is 12.0. The highest BCUT2D eigenvalue weighted by Crippen LogP contribution is 2.19. The van der Waals surface area contributed by atoms with E-state index in [0.717, 1.165) is 25.7 Å². The second kappa shape index (κ2) is 42.4. The minimum atomic E-state index is -0.762. The van der Waals surface area contributed by atoms with Crippen molar-refractivity contribution in [3.8, 4) is 0 Å². The van der Waals surface area contributed by atoms with Gasteiger partial charge in [-0.05, 0) is 32.1 Å². The van der Waals surface area contributed by atoms with Gasteiger partial charge in [-0.2, -0.15) is 0 Å². The Morgan fingerprint density at radius 1 is 0.360 bits per heavy atom. The number of carboxylic acids is 1. The van der Waals surface area contributed by atoms with Gasteiger partial charge in [-0.25, -0.2) is 0 Å². The van der Waals surface area contributed by atoms with Crippen molar-refractivity contribution in [3.63, 3.8) is 0 Å². The van der Waals surface area contributed by atoms with Crippen LogP contribution in [0.4, 0.5) is 0 Å². The Balaban J connectivity index is 3.69. The zero-order valence-electron chi connectivity index (χ0n) is 34.2. The van der Waals surface area contributed by atoms with Gasteiger partial charge in [0.05, 0.1) is 0 Å². The molecular weight excluding hydrogens is 617 g/mol. The van der Waals surface area contributed by atoms with Crippen LogP contribution in [0, 0.1) is 0 Å². The first-order chi connectivity index (χ1) is 24.6. The Hall–Kier alpha value is -1.06. The SMILES string of the molecule is CCCCCCCCCCCCCCCCCCCCCC(=O)OC(CCCCCCCCCCCCCCCCCCC)CCCC(=O)O. The topological polar surface area (TPSA) is 63.6 Å². The average molecular weight is 707 g/mol. The molecule has 0 aromatic carbocycles. The molecule has 0 aromatic heterocycles. The Kier molecular flexibility index (Phi) is 41.5. The van der Waals surface area contributed by atoms with Crippen molar-refractivity contribution in [3.05, 3.63) is 0 Å². The van der Waals surface area contributed by atoms with Crippen LogP contribution >= 0.6 is 0 Å². The van der Waals surface area contributed by atoms with E-state index in [2.05, 4.69) is 13.8 Å². The van der Waals surface area contributed by atoms with E-state index in [0.29, 0.717) is 19.3 Å². The fourth-order valence-electron chi connectivity index (χ4n) is 7.43. The summed E-state index contributed by atoms with van der Waals surface area (Å²) in [6, 6.07) is 0. The lowest BCUT2D eigenvalue weighted by Gasteiger charge is -2.18. The van der Waals surface area contributed by atoms with E-state index in [1.807, 2.05) is 0 Å². The van der Waals surface area contributed by atoms with Crippen LogP contribution in [0.2, 0.25) is 0 Å². The number of ether oxygens (including phenoxy) is 1. The number of unbranched alkanes of at least 4 members (excludes halogenated alkanes) is 34. The van der Waals surface area contributed by atoms with E-state index in [-0.39, 0.29) is 18.5 Å². The molecule has 0 aliphatic rings. The van der Waals surface area contributed by atoms with E-state index < -0.39 is 5.97 Å². The Bertz CT molecular complexity index is 677. The summed E-state index contributed by atoms with van der Waals surface area (Å²) in [6.07, 6.45) is 51.4. The molecule has 0 bridgehead atoms. The van der Waals surface area contributed by atoms with Crippen molar-refractivity contribution < 1.29 is 19.4 Å². The molecule has 0 amide bonds. The molecule has 0 aromatic rings. The van der Waals surface area contributed by atoms with Gasteiger partial charge in [0.15, 0.2) is 0 Å². The van der Waals surface area contributed by atoms with Crippen LogP contribution in [0.1, 0.15) is 277 Å². The molecule has 0 spiro atoms. The average Bonchev–Trinajstić information content (AvgIpc) is 3.10. The summed E-state index contributed by atoms with van der Waals surface area (Å²) < 4.78 is 5.87. The second-order valence-corrected chi connectivity index (χ2v) is 16.0. The zero-order chi connectivity index (χ0) is 36.4. The van der Waals surface area contributed by atoms with Gasteiger partial charge in [0.2, 0.25) is 0 Å². The Labute approximate surface area is 313 Å². The van der Waals surface area contributed by atoms with Crippen LogP contribution in [0.5, 0.6) is 0 Å². The quantitative estimate of drug-likeness (QED) is 0.0506. The van der Waals surface area contributed by atoms with Crippen molar-refractivity contribution in [2.24, 2.45) is 0 Å². The van der Waals surface area contributed by atoms with Gasteiger partial charge in [0, 0.05) is 12.8 Å². The highest BCUT2D eigenvalue weighted by atomic mass is 16.5. The first-order valence-corrected chi connectivity index (χ1v) is 23.0. The van der Waals surface area contributed by atoms with Gasteiger partial charge in [0.25, 0.3) is 0 Å². The van der Waals surface area contributed by atoms with E-state index in [4.69, 9.17) is 9.84 Å². The highest BCUT2D eigenvalue weighted by molar-refractivity contribution is 5.69. The lowest BCUT2D eigenvalue weighted by atomic mass is 10.0. The van der Waals surface area contributed by atoms with Crippen molar-refractivity contribution in [2.75, 3.05) is 0 Å². The largest absolute Gasteiger partial charge is 0.481 e. The first-order valence-electron chi connectivity index (χ1n) is 23.0. The van der Waals surface area contributed by atoms with E-state index in [1.165, 1.54) is 212 Å². The molecule has 0 aliphatic carbocycles. The van der Waals surface area contributed by atoms with Crippen molar-refractivity contribution in [2.45, 2.75) is 283 Å². The van der Waals surface area contributed by atoms with E-state index >= 15 is 0 Å². The van der Waals surface area contributed by atoms with E-state index in [1.54, 1.807) is 0 Å². The Morgan fingerprint density at radius 3 is 0.920 bits per heavy atom. The molecule has 50 heavy (non-hydrogen) atoms. The molecule has 1 N–H and O–H groups in total. The molecule has 1 unspecified atom stereocenters. The van der Waals surface area contributed by atoms with Crippen LogP contribution in [0.25, 0.3) is 0 Å². The maximum Gasteiger partial charge on any atom is 0.306 e. The number of carboxylic acid groups (broad SMARTS) is 1. The van der Waals surface area contributed by atoms with Gasteiger partial charge >= 0.3 is 11.9 Å². The fraction of sp³-hybridized carbons (Fsp3) is 0.957. The number of carbonyl (C=O) groups excluding carboxylic acids is 1.